The normalized spacial score (nSPS) is 15.0. The van der Waals surface area contributed by atoms with Gasteiger partial charge in [-0.1, -0.05) is 20.3 Å². The molecule has 11 nitrogen and oxygen atoms in total. The van der Waals surface area contributed by atoms with E-state index in [1.807, 2.05) is 18.7 Å². The van der Waals surface area contributed by atoms with Crippen LogP contribution >= 0.6 is 0 Å². The summed E-state index contributed by atoms with van der Waals surface area (Å²) in [4.78, 5) is 27.6. The van der Waals surface area contributed by atoms with Crippen LogP contribution < -0.4 is 15.8 Å². The van der Waals surface area contributed by atoms with Crippen molar-refractivity contribution in [3.8, 4) is 5.75 Å². The largest absolute Gasteiger partial charge is 0.493 e. The van der Waals surface area contributed by atoms with Gasteiger partial charge in [0.15, 0.2) is 0 Å². The van der Waals surface area contributed by atoms with Crippen molar-refractivity contribution in [3.05, 3.63) is 41.2 Å². The number of rotatable bonds is 12. The van der Waals surface area contributed by atoms with Crippen molar-refractivity contribution < 1.29 is 27.9 Å². The molecule has 1 aliphatic heterocycles. The lowest BCUT2D eigenvalue weighted by atomic mass is 10.1. The number of amides is 2. The van der Waals surface area contributed by atoms with Crippen LogP contribution in [0, 0.1) is 0 Å². The zero-order chi connectivity index (χ0) is 27.2. The molecule has 1 aromatic heterocycles. The number of aliphatic hydroxyl groups is 1. The summed E-state index contributed by atoms with van der Waals surface area (Å²) in [5.74, 6) is -1.03. The Bertz CT molecular complexity index is 1220. The summed E-state index contributed by atoms with van der Waals surface area (Å²) in [5.41, 5.74) is 6.88. The summed E-state index contributed by atoms with van der Waals surface area (Å²) in [6, 6.07) is 4.26. The van der Waals surface area contributed by atoms with Crippen LogP contribution in [0.4, 0.5) is 5.69 Å². The number of primary amides is 1. The van der Waals surface area contributed by atoms with Gasteiger partial charge in [-0.15, -0.1) is 0 Å². The molecule has 204 valence electrons. The molecule has 0 saturated carbocycles. The Morgan fingerprint density at radius 3 is 2.43 bits per heavy atom. The van der Waals surface area contributed by atoms with Gasteiger partial charge in [0.1, 0.15) is 11.4 Å². The number of nitrogens with zero attached hydrogens (tertiary/aromatic N) is 3. The molecular weight excluding hydrogens is 498 g/mol. The molecule has 12 heteroatoms. The van der Waals surface area contributed by atoms with Gasteiger partial charge in [0, 0.05) is 46.0 Å². The van der Waals surface area contributed by atoms with E-state index in [1.54, 1.807) is 17.8 Å². The van der Waals surface area contributed by atoms with Gasteiger partial charge < -0.3 is 25.5 Å². The van der Waals surface area contributed by atoms with Crippen LogP contribution in [0.2, 0.25) is 0 Å². The Hall–Kier alpha value is -2.93. The van der Waals surface area contributed by atoms with E-state index < -0.39 is 21.8 Å². The van der Waals surface area contributed by atoms with Gasteiger partial charge in [0.05, 0.1) is 29.4 Å². The Labute approximate surface area is 218 Å². The maximum absolute atomic E-state index is 13.5. The average molecular weight is 536 g/mol. The van der Waals surface area contributed by atoms with E-state index in [1.165, 1.54) is 22.5 Å². The van der Waals surface area contributed by atoms with Crippen LogP contribution in [-0.2, 0) is 23.5 Å². The molecule has 2 aromatic rings. The number of benzene rings is 1. The van der Waals surface area contributed by atoms with Crippen molar-refractivity contribution in [3.63, 3.8) is 0 Å². The first-order valence-corrected chi connectivity index (χ1v) is 14.0. The number of aliphatic hydroxyl groups excluding tert-OH is 1. The molecule has 1 fully saturated rings. The third-order valence-corrected chi connectivity index (χ3v) is 8.19. The van der Waals surface area contributed by atoms with E-state index >= 15 is 0 Å². The summed E-state index contributed by atoms with van der Waals surface area (Å²) in [7, 11) is -2.19. The zero-order valence-corrected chi connectivity index (χ0v) is 22.5. The first-order chi connectivity index (χ1) is 17.6. The number of hydrogen-bond donors (Lipinski definition) is 3. The fourth-order valence-corrected chi connectivity index (χ4v) is 5.89. The topological polar surface area (TPSA) is 147 Å². The number of nitrogens with one attached hydrogen (secondary N) is 1. The number of nitrogens with two attached hydrogens (primary N) is 1. The molecule has 1 saturated heterocycles. The van der Waals surface area contributed by atoms with Crippen molar-refractivity contribution in [1.82, 2.24) is 13.8 Å². The highest BCUT2D eigenvalue weighted by Crippen LogP contribution is 2.29. The van der Waals surface area contributed by atoms with Gasteiger partial charge in [0.2, 0.25) is 10.0 Å². The minimum atomic E-state index is -3.87. The van der Waals surface area contributed by atoms with E-state index in [0.29, 0.717) is 44.8 Å². The molecule has 0 atom stereocenters. The van der Waals surface area contributed by atoms with Crippen molar-refractivity contribution in [1.29, 1.82) is 0 Å². The molecule has 2 amide bonds. The minimum Gasteiger partial charge on any atom is -0.493 e. The lowest BCUT2D eigenvalue weighted by Gasteiger charge is -2.33. The molecule has 1 aromatic carbocycles. The number of aryl methyl sites for hydroxylation is 2. The van der Waals surface area contributed by atoms with Gasteiger partial charge in [-0.3, -0.25) is 14.5 Å². The van der Waals surface area contributed by atoms with Crippen molar-refractivity contribution >= 4 is 27.5 Å². The van der Waals surface area contributed by atoms with Gasteiger partial charge >= 0.3 is 0 Å². The third-order valence-electron chi connectivity index (χ3n) is 6.29. The summed E-state index contributed by atoms with van der Waals surface area (Å²) in [6.45, 7) is 6.35. The highest BCUT2D eigenvalue weighted by molar-refractivity contribution is 7.89. The van der Waals surface area contributed by atoms with E-state index in [2.05, 4.69) is 5.32 Å². The highest BCUT2D eigenvalue weighted by Gasteiger charge is 2.30. The van der Waals surface area contributed by atoms with Gasteiger partial charge in [-0.25, -0.2) is 8.42 Å². The fourth-order valence-electron chi connectivity index (χ4n) is 4.44. The van der Waals surface area contributed by atoms with Crippen LogP contribution in [0.5, 0.6) is 5.75 Å². The van der Waals surface area contributed by atoms with Crippen LogP contribution in [0.3, 0.4) is 0 Å². The number of sulfonamides is 1. The second-order valence-corrected chi connectivity index (χ2v) is 11.0. The number of β-amino-alcohol motifs (C(OH)–C–C–N with tert-alkyl or cyclic N) is 1. The smallest absolute Gasteiger partial charge is 0.267 e. The molecular formula is C25H37N5O6S. The maximum atomic E-state index is 13.5. The number of carbonyl (C=O) groups is 2. The van der Waals surface area contributed by atoms with Crippen LogP contribution in [0.15, 0.2) is 29.3 Å². The monoisotopic (exact) mass is 535 g/mol. The van der Waals surface area contributed by atoms with E-state index in [0.717, 1.165) is 12.0 Å². The number of aromatic nitrogens is 1. The first kappa shape index (κ1) is 28.6. The SMILES string of the molecule is CCCOc1ccc(S(=O)(=O)N2CCN(CCO)CC2)cc1C(=O)Nc1c(CCC)cn(C)c1C(N)=O. The molecule has 37 heavy (non-hydrogen) atoms. The number of piperazine rings is 1. The van der Waals surface area contributed by atoms with E-state index in [4.69, 9.17) is 15.6 Å². The molecule has 0 radical (unpaired) electrons. The molecule has 1 aliphatic rings. The molecule has 0 unspecified atom stereocenters. The molecule has 2 heterocycles. The predicted molar refractivity (Wildman–Crippen MR) is 140 cm³/mol. The summed E-state index contributed by atoms with van der Waals surface area (Å²) in [6.07, 6.45) is 3.86. The number of anilines is 1. The summed E-state index contributed by atoms with van der Waals surface area (Å²) < 4.78 is 35.6. The van der Waals surface area contributed by atoms with Crippen LogP contribution in [0.1, 0.15) is 53.1 Å². The number of carbonyl (C=O) groups excluding carboxylic acids is 2. The standard InChI is InChI=1S/C25H37N5O6S/c1-4-6-18-17-28(3)23(24(26)32)22(18)27-25(33)20-16-19(7-8-21(20)36-15-5-2)37(34,35)30-11-9-29(10-12-30)13-14-31/h7-8,16-17,31H,4-6,9-15H2,1-3H3,(H2,26,32)(H,27,33). The molecule has 0 spiro atoms. The van der Waals surface area contributed by atoms with Crippen molar-refractivity contribution in [2.45, 2.75) is 38.0 Å². The molecule has 4 N–H and O–H groups in total. The lowest BCUT2D eigenvalue weighted by molar-refractivity contribution is 0.0993. The number of ether oxygens (including phenoxy) is 1. The Balaban J connectivity index is 1.96. The summed E-state index contributed by atoms with van der Waals surface area (Å²) >= 11 is 0. The first-order valence-electron chi connectivity index (χ1n) is 12.5. The van der Waals surface area contributed by atoms with Crippen molar-refractivity contribution in [2.24, 2.45) is 12.8 Å². The Kier molecular flexibility index (Phi) is 9.71. The summed E-state index contributed by atoms with van der Waals surface area (Å²) in [5, 5.41) is 11.9. The van der Waals surface area contributed by atoms with E-state index in [9.17, 15) is 18.0 Å². The van der Waals surface area contributed by atoms with Crippen molar-refractivity contribution in [2.75, 3.05) is 51.3 Å². The number of hydrogen-bond acceptors (Lipinski definition) is 7. The fraction of sp³-hybridized carbons (Fsp3) is 0.520. The Morgan fingerprint density at radius 1 is 1.14 bits per heavy atom. The highest BCUT2D eigenvalue weighted by atomic mass is 32.2. The minimum absolute atomic E-state index is 0.0172. The lowest BCUT2D eigenvalue weighted by Crippen LogP contribution is -2.49. The van der Waals surface area contributed by atoms with Gasteiger partial charge in [-0.05, 0) is 36.6 Å². The second-order valence-electron chi connectivity index (χ2n) is 9.03. The maximum Gasteiger partial charge on any atom is 0.267 e. The second kappa shape index (κ2) is 12.5. The van der Waals surface area contributed by atoms with Gasteiger partial charge in [0.25, 0.3) is 11.8 Å². The average Bonchev–Trinajstić information content (AvgIpc) is 3.17. The molecule has 0 bridgehead atoms. The zero-order valence-electron chi connectivity index (χ0n) is 21.7. The molecule has 0 aliphatic carbocycles. The predicted octanol–water partition coefficient (Wildman–Crippen LogP) is 1.42. The third kappa shape index (κ3) is 6.50. The quantitative estimate of drug-likeness (QED) is 0.372. The Morgan fingerprint density at radius 2 is 1.84 bits per heavy atom. The van der Waals surface area contributed by atoms with Crippen LogP contribution in [0.25, 0.3) is 0 Å². The van der Waals surface area contributed by atoms with Gasteiger partial charge in [-0.2, -0.15) is 4.31 Å². The van der Waals surface area contributed by atoms with Crippen LogP contribution in [-0.4, -0.2) is 85.0 Å². The van der Waals surface area contributed by atoms with E-state index in [-0.39, 0.29) is 41.6 Å². The molecule has 3 rings (SSSR count).